The van der Waals surface area contributed by atoms with Gasteiger partial charge < -0.3 is 15.0 Å². The Bertz CT molecular complexity index is 33.8. The van der Waals surface area contributed by atoms with Gasteiger partial charge in [0.15, 0.2) is 0 Å². The third kappa shape index (κ3) is 180. The first kappa shape index (κ1) is 16.0. The number of carbonyl (C=O) groups excluding carboxylic acids is 1. The zero-order chi connectivity index (χ0) is 3.58. The molecule has 0 heterocycles. The number of rotatable bonds is 0. The molecule has 0 radical (unpaired) electrons. The van der Waals surface area contributed by atoms with Gasteiger partial charge >= 0.3 is 23.1 Å². The van der Waals surface area contributed by atoms with Gasteiger partial charge in [-0.05, 0) is 6.16 Å². The first-order chi connectivity index (χ1) is 1.73. The van der Waals surface area contributed by atoms with Crippen molar-refractivity contribution in [2.24, 2.45) is 0 Å². The van der Waals surface area contributed by atoms with Crippen molar-refractivity contribution in [1.29, 1.82) is 0 Å². The van der Waals surface area contributed by atoms with Crippen LogP contribution in [0, 0.1) is 0 Å². The van der Waals surface area contributed by atoms with E-state index in [-0.39, 0.29) is 40.4 Å². The summed E-state index contributed by atoms with van der Waals surface area (Å²) in [7, 11) is 0. The van der Waals surface area contributed by atoms with Crippen LogP contribution >= 0.6 is 0 Å². The van der Waals surface area contributed by atoms with E-state index < -0.39 is 6.16 Å². The van der Waals surface area contributed by atoms with E-state index in [2.05, 4.69) is 0 Å². The quantitative estimate of drug-likeness (QED) is 0.337. The van der Waals surface area contributed by atoms with Crippen molar-refractivity contribution in [1.82, 2.24) is 0 Å². The molecule has 3 nitrogen and oxygen atoms in total. The van der Waals surface area contributed by atoms with Crippen molar-refractivity contribution in [3.05, 3.63) is 0 Å². The largest absolute Gasteiger partial charge is 2.00 e. The van der Waals surface area contributed by atoms with Crippen LogP contribution < -0.4 is 10.2 Å². The molecule has 0 aromatic rings. The van der Waals surface area contributed by atoms with Crippen LogP contribution in [-0.2, 0) is 17.4 Å². The molecule has 6 heavy (non-hydrogen) atoms. The van der Waals surface area contributed by atoms with Crippen LogP contribution in [0.2, 0.25) is 0 Å². The predicted molar refractivity (Wildman–Crippen MR) is 11.1 cm³/mol. The fourth-order valence-corrected chi connectivity index (χ4v) is 0. The van der Waals surface area contributed by atoms with Gasteiger partial charge in [-0.15, -0.1) is 0 Å². The first-order valence-corrected chi connectivity index (χ1v) is 0.612. The van der Waals surface area contributed by atoms with Crippen molar-refractivity contribution < 1.29 is 32.4 Å². The van der Waals surface area contributed by atoms with Gasteiger partial charge in [-0.25, -0.2) is 0 Å². The predicted octanol–water partition coefficient (Wildman–Crippen LogP) is -2.83. The summed E-state index contributed by atoms with van der Waals surface area (Å²) < 4.78 is 0. The van der Waals surface area contributed by atoms with E-state index in [1.807, 2.05) is 0 Å². The molecular weight excluding hydrogens is 136 g/mol. The monoisotopic (exact) mass is 136 g/mol. The maximum absolute atomic E-state index is 8.33. The topological polar surface area (TPSA) is 63.2 Å². The van der Waals surface area contributed by atoms with Gasteiger partial charge in [-0.3, -0.25) is 0 Å². The number of carbonyl (C=O) groups is 1. The standard InChI is InChI=1S/CH2O3.Cr.Mg/c2-1(3)4;;/h(H2,2,3,4);;/q;;+2/p-2. The Kier molecular flexibility index (Phi) is 24.3. The van der Waals surface area contributed by atoms with Crippen molar-refractivity contribution >= 4 is 29.2 Å². The van der Waals surface area contributed by atoms with Crippen LogP contribution in [0.1, 0.15) is 0 Å². The fraction of sp³-hybridized carbons (Fsp3) is 0. The van der Waals surface area contributed by atoms with E-state index in [1.165, 1.54) is 0 Å². The summed E-state index contributed by atoms with van der Waals surface area (Å²) in [5.74, 6) is 0. The Balaban J connectivity index is -0.0000000450. The third-order valence-corrected chi connectivity index (χ3v) is 0. The van der Waals surface area contributed by atoms with E-state index >= 15 is 0 Å². The van der Waals surface area contributed by atoms with Gasteiger partial charge in [0.05, 0.1) is 0 Å². The molecule has 0 aliphatic rings. The molecule has 0 aromatic heterocycles. The molecule has 0 aromatic carbocycles. The SMILES string of the molecule is O=C([O-])[O-].[Cr].[Mg+2]. The molecule has 0 rings (SSSR count). The summed E-state index contributed by atoms with van der Waals surface area (Å²) in [5, 5.41) is 16.7. The van der Waals surface area contributed by atoms with Crippen LogP contribution in [0.25, 0.3) is 0 Å². The second-order valence-electron chi connectivity index (χ2n) is 0.250. The van der Waals surface area contributed by atoms with Crippen LogP contribution in [0.3, 0.4) is 0 Å². The zero-order valence-corrected chi connectivity index (χ0v) is 5.53. The number of carboxylic acid groups (broad SMARTS) is 2. The van der Waals surface area contributed by atoms with E-state index in [0.29, 0.717) is 0 Å². The molecule has 0 unspecified atom stereocenters. The van der Waals surface area contributed by atoms with Crippen molar-refractivity contribution in [2.45, 2.75) is 0 Å². The molecule has 0 bridgehead atoms. The third-order valence-electron chi connectivity index (χ3n) is 0. The smallest absolute Gasteiger partial charge is 0.652 e. The molecule has 0 spiro atoms. The van der Waals surface area contributed by atoms with Crippen molar-refractivity contribution in [2.75, 3.05) is 0 Å². The van der Waals surface area contributed by atoms with E-state index in [0.717, 1.165) is 0 Å². The van der Waals surface area contributed by atoms with Crippen molar-refractivity contribution in [3.63, 3.8) is 0 Å². The Hall–Kier alpha value is 0.569. The maximum Gasteiger partial charge on any atom is 2.00 e. The summed E-state index contributed by atoms with van der Waals surface area (Å²) in [5.41, 5.74) is 0. The van der Waals surface area contributed by atoms with Crippen LogP contribution in [0.4, 0.5) is 4.79 Å². The first-order valence-electron chi connectivity index (χ1n) is 0.612. The fourth-order valence-electron chi connectivity index (χ4n) is 0. The van der Waals surface area contributed by atoms with Gasteiger partial charge in [0, 0.05) is 17.4 Å². The Morgan fingerprint density at radius 3 is 1.33 bits per heavy atom. The zero-order valence-electron chi connectivity index (χ0n) is 2.84. The summed E-state index contributed by atoms with van der Waals surface area (Å²) in [6.45, 7) is 0. The van der Waals surface area contributed by atoms with Crippen molar-refractivity contribution in [3.8, 4) is 0 Å². The van der Waals surface area contributed by atoms with Crippen LogP contribution in [0.5, 0.6) is 0 Å². The van der Waals surface area contributed by atoms with Gasteiger partial charge in [0.25, 0.3) is 0 Å². The summed E-state index contributed by atoms with van der Waals surface area (Å²) in [6, 6.07) is 0. The Morgan fingerprint density at radius 1 is 1.33 bits per heavy atom. The normalized spacial score (nSPS) is 4.00. The molecule has 0 saturated heterocycles. The number of hydrogen-bond donors (Lipinski definition) is 0. The van der Waals surface area contributed by atoms with Gasteiger partial charge in [-0.2, -0.15) is 0 Å². The maximum atomic E-state index is 8.33. The molecule has 30 valence electrons. The molecule has 0 amide bonds. The minimum atomic E-state index is -2.33. The molecular formula is CCrMgO3. The summed E-state index contributed by atoms with van der Waals surface area (Å²) in [6.07, 6.45) is -2.33. The summed E-state index contributed by atoms with van der Waals surface area (Å²) in [4.78, 5) is 8.33. The Morgan fingerprint density at radius 2 is 1.33 bits per heavy atom. The van der Waals surface area contributed by atoms with Gasteiger partial charge in [0.1, 0.15) is 0 Å². The van der Waals surface area contributed by atoms with Crippen LogP contribution in [0.15, 0.2) is 0 Å². The summed E-state index contributed by atoms with van der Waals surface area (Å²) >= 11 is 0. The second-order valence-corrected chi connectivity index (χ2v) is 0.250. The van der Waals surface area contributed by atoms with Crippen LogP contribution in [-0.4, -0.2) is 29.2 Å². The average molecular weight is 136 g/mol. The number of hydrogen-bond acceptors (Lipinski definition) is 3. The molecule has 0 aliphatic heterocycles. The minimum absolute atomic E-state index is 0. The molecule has 0 N–H and O–H groups in total. The minimum Gasteiger partial charge on any atom is -0.652 e. The van der Waals surface area contributed by atoms with E-state index in [4.69, 9.17) is 15.0 Å². The van der Waals surface area contributed by atoms with Gasteiger partial charge in [0.2, 0.25) is 0 Å². The molecule has 5 heteroatoms. The second kappa shape index (κ2) is 9.13. The molecule has 0 fully saturated rings. The molecule has 0 aliphatic carbocycles. The average Bonchev–Trinajstić information content (AvgIpc) is 0.811. The molecule has 0 saturated carbocycles. The Labute approximate surface area is 61.6 Å². The van der Waals surface area contributed by atoms with E-state index in [9.17, 15) is 0 Å². The molecule has 0 atom stereocenters. The van der Waals surface area contributed by atoms with Gasteiger partial charge in [-0.1, -0.05) is 0 Å². The van der Waals surface area contributed by atoms with E-state index in [1.54, 1.807) is 0 Å².